The summed E-state index contributed by atoms with van der Waals surface area (Å²) in [5, 5.41) is 5.14. The lowest BCUT2D eigenvalue weighted by Gasteiger charge is -2.18. The van der Waals surface area contributed by atoms with Crippen molar-refractivity contribution >= 4 is 35.4 Å². The molecule has 0 aliphatic rings. The van der Waals surface area contributed by atoms with Crippen LogP contribution in [0.5, 0.6) is 0 Å². The lowest BCUT2D eigenvalue weighted by Crippen LogP contribution is -2.46. The molecule has 126 valence electrons. The number of urea groups is 1. The average Bonchev–Trinajstić information content (AvgIpc) is 2.52. The molecule has 23 heavy (non-hydrogen) atoms. The summed E-state index contributed by atoms with van der Waals surface area (Å²) in [5.41, 5.74) is 6.71. The van der Waals surface area contributed by atoms with E-state index in [1.54, 1.807) is 30.8 Å². The zero-order valence-electron chi connectivity index (χ0n) is 13.3. The van der Waals surface area contributed by atoms with Crippen LogP contribution in [0.15, 0.2) is 18.2 Å². The fourth-order valence-electron chi connectivity index (χ4n) is 1.90. The second-order valence-electron chi connectivity index (χ2n) is 4.85. The molecule has 0 fully saturated rings. The Hall–Kier alpha value is -2.22. The highest BCUT2D eigenvalue weighted by Gasteiger charge is 2.20. The molecule has 0 bridgehead atoms. The van der Waals surface area contributed by atoms with Crippen molar-refractivity contribution in [2.24, 2.45) is 5.73 Å². The van der Waals surface area contributed by atoms with Gasteiger partial charge >= 0.3 is 12.0 Å². The first kappa shape index (κ1) is 18.8. The highest BCUT2D eigenvalue weighted by Crippen LogP contribution is 2.18. The van der Waals surface area contributed by atoms with E-state index in [2.05, 4.69) is 15.4 Å². The van der Waals surface area contributed by atoms with E-state index < -0.39 is 18.0 Å². The van der Waals surface area contributed by atoms with Crippen molar-refractivity contribution in [3.05, 3.63) is 29.3 Å². The lowest BCUT2D eigenvalue weighted by atomic mass is 10.1. The predicted molar refractivity (Wildman–Crippen MR) is 90.7 cm³/mol. The van der Waals surface area contributed by atoms with Crippen LogP contribution in [0, 0.1) is 6.92 Å². The van der Waals surface area contributed by atoms with Gasteiger partial charge in [-0.05, 0) is 43.0 Å². The van der Waals surface area contributed by atoms with Gasteiger partial charge in [-0.2, -0.15) is 11.8 Å². The number of esters is 1. The molecular weight excluding hydrogens is 318 g/mol. The summed E-state index contributed by atoms with van der Waals surface area (Å²) in [6.07, 6.45) is 2.36. The highest BCUT2D eigenvalue weighted by atomic mass is 32.2. The van der Waals surface area contributed by atoms with Gasteiger partial charge in [0.2, 0.25) is 5.91 Å². The maximum atomic E-state index is 12.4. The average molecular weight is 339 g/mol. The number of thioether (sulfide) groups is 1. The smallest absolute Gasteiger partial charge is 0.337 e. The Bertz CT molecular complexity index is 592. The summed E-state index contributed by atoms with van der Waals surface area (Å²) in [4.78, 5) is 35.0. The van der Waals surface area contributed by atoms with Crippen LogP contribution in [0.2, 0.25) is 0 Å². The van der Waals surface area contributed by atoms with E-state index in [1.807, 2.05) is 6.26 Å². The van der Waals surface area contributed by atoms with Gasteiger partial charge in [0.25, 0.3) is 0 Å². The largest absolute Gasteiger partial charge is 0.465 e. The second kappa shape index (κ2) is 9.04. The monoisotopic (exact) mass is 339 g/mol. The zero-order valence-corrected chi connectivity index (χ0v) is 14.2. The molecule has 0 aromatic heterocycles. The van der Waals surface area contributed by atoms with E-state index in [-0.39, 0.29) is 5.91 Å². The molecule has 7 nitrogen and oxygen atoms in total. The Labute approximate surface area is 139 Å². The quantitative estimate of drug-likeness (QED) is 0.652. The van der Waals surface area contributed by atoms with Crippen molar-refractivity contribution < 1.29 is 19.1 Å². The predicted octanol–water partition coefficient (Wildman–Crippen LogP) is 1.51. The Morgan fingerprint density at radius 3 is 2.61 bits per heavy atom. The topological polar surface area (TPSA) is 111 Å². The normalized spacial score (nSPS) is 11.4. The Kier molecular flexibility index (Phi) is 7.40. The number of primary amides is 1. The van der Waals surface area contributed by atoms with Gasteiger partial charge < -0.3 is 21.1 Å². The van der Waals surface area contributed by atoms with Crippen LogP contribution in [0.1, 0.15) is 22.3 Å². The number of benzene rings is 1. The number of carbonyl (C=O) groups excluding carboxylic acids is 3. The van der Waals surface area contributed by atoms with Crippen LogP contribution >= 0.6 is 11.8 Å². The first-order valence-corrected chi connectivity index (χ1v) is 8.33. The minimum Gasteiger partial charge on any atom is -0.465 e. The number of carbonyl (C=O) groups is 3. The van der Waals surface area contributed by atoms with E-state index in [0.717, 1.165) is 5.56 Å². The van der Waals surface area contributed by atoms with E-state index in [0.29, 0.717) is 23.4 Å². The Morgan fingerprint density at radius 2 is 2.04 bits per heavy atom. The number of nitrogens with two attached hydrogens (primary N) is 1. The maximum absolute atomic E-state index is 12.4. The third kappa shape index (κ3) is 5.82. The van der Waals surface area contributed by atoms with E-state index in [1.165, 1.54) is 13.2 Å². The number of amides is 3. The molecule has 4 N–H and O–H groups in total. The molecule has 1 atom stereocenters. The minimum absolute atomic E-state index is 0.330. The number of anilines is 1. The molecule has 0 spiro atoms. The standard InChI is InChI=1S/C15H21N3O4S/c1-9-4-5-10(14(20)22-2)8-12(9)17-13(19)11(6-7-23-3)18-15(16)21/h4-5,8,11H,6-7H2,1-3H3,(H,17,19)(H3,16,18,21)/t11-/m1/s1. The fraction of sp³-hybridized carbons (Fsp3) is 0.400. The van der Waals surface area contributed by atoms with Gasteiger partial charge in [0, 0.05) is 5.69 Å². The van der Waals surface area contributed by atoms with Crippen molar-refractivity contribution in [1.29, 1.82) is 0 Å². The van der Waals surface area contributed by atoms with E-state index in [4.69, 9.17) is 5.73 Å². The Balaban J connectivity index is 2.92. The molecule has 0 aliphatic carbocycles. The van der Waals surface area contributed by atoms with Gasteiger partial charge in [-0.15, -0.1) is 0 Å². The summed E-state index contributed by atoms with van der Waals surface area (Å²) in [6.45, 7) is 1.80. The number of hydrogen-bond donors (Lipinski definition) is 3. The van der Waals surface area contributed by atoms with Crippen LogP contribution in [0.25, 0.3) is 0 Å². The number of rotatable bonds is 7. The third-order valence-corrected chi connectivity index (χ3v) is 3.80. The van der Waals surface area contributed by atoms with Gasteiger partial charge in [0.1, 0.15) is 6.04 Å². The lowest BCUT2D eigenvalue weighted by molar-refractivity contribution is -0.117. The molecule has 0 heterocycles. The molecule has 0 aliphatic heterocycles. The molecular formula is C15H21N3O4S. The van der Waals surface area contributed by atoms with Crippen LogP contribution in [0.4, 0.5) is 10.5 Å². The molecule has 0 radical (unpaired) electrons. The molecule has 1 aromatic carbocycles. The molecule has 1 rings (SSSR count). The Morgan fingerprint density at radius 1 is 1.35 bits per heavy atom. The van der Waals surface area contributed by atoms with Gasteiger partial charge in [0.15, 0.2) is 0 Å². The van der Waals surface area contributed by atoms with Crippen LogP contribution < -0.4 is 16.4 Å². The second-order valence-corrected chi connectivity index (χ2v) is 5.84. The first-order chi connectivity index (χ1) is 10.9. The summed E-state index contributed by atoms with van der Waals surface area (Å²) in [7, 11) is 1.29. The van der Waals surface area contributed by atoms with Crippen LogP contribution in [0.3, 0.4) is 0 Å². The molecule has 1 aromatic rings. The highest BCUT2D eigenvalue weighted by molar-refractivity contribution is 7.98. The van der Waals surface area contributed by atoms with Crippen LogP contribution in [-0.4, -0.2) is 43.1 Å². The van der Waals surface area contributed by atoms with Crippen molar-refractivity contribution in [2.45, 2.75) is 19.4 Å². The van der Waals surface area contributed by atoms with Gasteiger partial charge in [-0.25, -0.2) is 9.59 Å². The number of nitrogens with one attached hydrogen (secondary N) is 2. The molecule has 0 unspecified atom stereocenters. The third-order valence-electron chi connectivity index (χ3n) is 3.16. The van der Waals surface area contributed by atoms with Crippen molar-refractivity contribution in [3.8, 4) is 0 Å². The number of methoxy groups -OCH3 is 1. The maximum Gasteiger partial charge on any atom is 0.337 e. The van der Waals surface area contributed by atoms with Crippen molar-refractivity contribution in [2.75, 3.05) is 24.4 Å². The first-order valence-electron chi connectivity index (χ1n) is 6.93. The van der Waals surface area contributed by atoms with E-state index in [9.17, 15) is 14.4 Å². The minimum atomic E-state index is -0.758. The molecule has 8 heteroatoms. The molecule has 3 amide bonds. The molecule has 0 saturated carbocycles. The summed E-state index contributed by atoms with van der Waals surface area (Å²) in [6, 6.07) is 3.37. The summed E-state index contributed by atoms with van der Waals surface area (Å²) >= 11 is 1.56. The van der Waals surface area contributed by atoms with Crippen molar-refractivity contribution in [1.82, 2.24) is 5.32 Å². The number of aryl methyl sites for hydroxylation is 1. The van der Waals surface area contributed by atoms with Crippen LogP contribution in [-0.2, 0) is 9.53 Å². The van der Waals surface area contributed by atoms with Gasteiger partial charge in [0.05, 0.1) is 12.7 Å². The fourth-order valence-corrected chi connectivity index (χ4v) is 2.37. The van der Waals surface area contributed by atoms with E-state index >= 15 is 0 Å². The number of ether oxygens (including phenoxy) is 1. The van der Waals surface area contributed by atoms with Crippen molar-refractivity contribution in [3.63, 3.8) is 0 Å². The SMILES string of the molecule is COC(=O)c1ccc(C)c(NC(=O)[C@@H](CCSC)NC(N)=O)c1. The summed E-state index contributed by atoms with van der Waals surface area (Å²) in [5.74, 6) is -0.183. The van der Waals surface area contributed by atoms with Gasteiger partial charge in [-0.3, -0.25) is 4.79 Å². The number of hydrogen-bond acceptors (Lipinski definition) is 5. The van der Waals surface area contributed by atoms with Gasteiger partial charge in [-0.1, -0.05) is 6.07 Å². The zero-order chi connectivity index (χ0) is 17.4. The molecule has 0 saturated heterocycles. The summed E-state index contributed by atoms with van der Waals surface area (Å²) < 4.78 is 4.66.